The van der Waals surface area contributed by atoms with Crippen molar-refractivity contribution in [3.05, 3.63) is 29.3 Å². The molecule has 2 atom stereocenters. The fourth-order valence-corrected chi connectivity index (χ4v) is 4.28. The van der Waals surface area contributed by atoms with Gasteiger partial charge in [0, 0.05) is 32.1 Å². The third-order valence-electron chi connectivity index (χ3n) is 5.85. The highest BCUT2D eigenvalue weighted by molar-refractivity contribution is 6.32. The van der Waals surface area contributed by atoms with Crippen molar-refractivity contribution in [2.24, 2.45) is 10.9 Å². The van der Waals surface area contributed by atoms with E-state index in [1.165, 1.54) is 12.8 Å². The fraction of sp³-hybridized carbons (Fsp3) is 0.636. The van der Waals surface area contributed by atoms with E-state index in [0.717, 1.165) is 44.7 Å². The maximum atomic E-state index is 12.6. The molecular formula is C22H33ClN4O2. The lowest BCUT2D eigenvalue weighted by atomic mass is 10.1. The van der Waals surface area contributed by atoms with Crippen molar-refractivity contribution in [2.75, 3.05) is 26.7 Å². The Morgan fingerprint density at radius 3 is 2.76 bits per heavy atom. The lowest BCUT2D eigenvalue weighted by molar-refractivity contribution is -0.134. The van der Waals surface area contributed by atoms with Crippen molar-refractivity contribution in [2.45, 2.75) is 57.6 Å². The van der Waals surface area contributed by atoms with Gasteiger partial charge in [-0.05, 0) is 37.8 Å². The van der Waals surface area contributed by atoms with Gasteiger partial charge in [-0.2, -0.15) is 0 Å². The number of rotatable bonds is 7. The number of amides is 1. The molecule has 3 rings (SSSR count). The van der Waals surface area contributed by atoms with Crippen molar-refractivity contribution in [3.8, 4) is 5.75 Å². The van der Waals surface area contributed by atoms with Crippen molar-refractivity contribution in [3.63, 3.8) is 0 Å². The molecule has 29 heavy (non-hydrogen) atoms. The van der Waals surface area contributed by atoms with Crippen LogP contribution >= 0.6 is 11.6 Å². The van der Waals surface area contributed by atoms with Crippen LogP contribution in [-0.4, -0.2) is 55.6 Å². The summed E-state index contributed by atoms with van der Waals surface area (Å²) in [6.07, 6.45) is 6.28. The molecule has 0 bridgehead atoms. The number of nitrogens with one attached hydrogen (secondary N) is 2. The summed E-state index contributed by atoms with van der Waals surface area (Å²) in [4.78, 5) is 19.0. The molecule has 1 amide bonds. The van der Waals surface area contributed by atoms with Crippen LogP contribution in [0, 0.1) is 5.92 Å². The lowest BCUT2D eigenvalue weighted by Crippen LogP contribution is -2.47. The molecule has 1 aromatic rings. The quantitative estimate of drug-likeness (QED) is 0.523. The molecule has 2 fully saturated rings. The molecule has 1 saturated carbocycles. The first-order valence-corrected chi connectivity index (χ1v) is 11.2. The normalized spacial score (nSPS) is 21.3. The molecular weight excluding hydrogens is 388 g/mol. The van der Waals surface area contributed by atoms with E-state index in [2.05, 4.69) is 22.5 Å². The Hall–Kier alpha value is -1.95. The first-order valence-electron chi connectivity index (χ1n) is 10.8. The van der Waals surface area contributed by atoms with Crippen LogP contribution in [0.3, 0.4) is 0 Å². The number of halogens is 1. The fourth-order valence-electron chi connectivity index (χ4n) is 4.10. The number of carbonyl (C=O) groups is 1. The third-order valence-corrected chi connectivity index (χ3v) is 6.16. The van der Waals surface area contributed by atoms with Gasteiger partial charge < -0.3 is 20.3 Å². The zero-order chi connectivity index (χ0) is 20.6. The predicted octanol–water partition coefficient (Wildman–Crippen LogP) is 3.45. The molecule has 7 heteroatoms. The highest BCUT2D eigenvalue weighted by atomic mass is 35.5. The lowest BCUT2D eigenvalue weighted by Gasteiger charge is -2.23. The number of aliphatic imine (C=N–C) groups is 1. The Kier molecular flexibility index (Phi) is 8.04. The summed E-state index contributed by atoms with van der Waals surface area (Å²) in [5, 5.41) is 7.43. The van der Waals surface area contributed by atoms with Gasteiger partial charge in [-0.1, -0.05) is 43.5 Å². The number of guanidine groups is 1. The molecule has 160 valence electrons. The number of hydrogen-bond acceptors (Lipinski definition) is 3. The molecule has 1 aromatic carbocycles. The summed E-state index contributed by atoms with van der Waals surface area (Å²) in [6.45, 7) is 4.29. The van der Waals surface area contributed by atoms with Crippen molar-refractivity contribution >= 4 is 23.5 Å². The van der Waals surface area contributed by atoms with Crippen molar-refractivity contribution in [1.29, 1.82) is 0 Å². The SMILES string of the molecule is CCC(CNC(=NC)NC1CCN(C(=O)C2CCCC2)C1)Oc1ccccc1Cl. The van der Waals surface area contributed by atoms with E-state index in [1.807, 2.05) is 29.2 Å². The van der Waals surface area contributed by atoms with Crippen molar-refractivity contribution < 1.29 is 9.53 Å². The number of benzene rings is 1. The van der Waals surface area contributed by atoms with Gasteiger partial charge in [0.1, 0.15) is 11.9 Å². The second-order valence-corrected chi connectivity index (χ2v) is 8.33. The maximum Gasteiger partial charge on any atom is 0.225 e. The van der Waals surface area contributed by atoms with Crippen LogP contribution in [0.5, 0.6) is 5.75 Å². The monoisotopic (exact) mass is 420 g/mol. The highest BCUT2D eigenvalue weighted by Gasteiger charge is 2.32. The first kappa shape index (κ1) is 21.8. The van der Waals surface area contributed by atoms with E-state index in [4.69, 9.17) is 16.3 Å². The van der Waals surface area contributed by atoms with E-state index < -0.39 is 0 Å². The second kappa shape index (κ2) is 10.7. The van der Waals surface area contributed by atoms with Gasteiger partial charge >= 0.3 is 0 Å². The molecule has 2 N–H and O–H groups in total. The summed E-state index contributed by atoms with van der Waals surface area (Å²) >= 11 is 6.20. The predicted molar refractivity (Wildman–Crippen MR) is 118 cm³/mol. The average molecular weight is 421 g/mol. The largest absolute Gasteiger partial charge is 0.487 e. The number of ether oxygens (including phenoxy) is 1. The first-order chi connectivity index (χ1) is 14.1. The van der Waals surface area contributed by atoms with Crippen LogP contribution in [0.4, 0.5) is 0 Å². The van der Waals surface area contributed by atoms with Crippen LogP contribution in [0.1, 0.15) is 45.4 Å². The van der Waals surface area contributed by atoms with Gasteiger partial charge in [-0.3, -0.25) is 9.79 Å². The Balaban J connectivity index is 1.45. The minimum atomic E-state index is -0.0162. The maximum absolute atomic E-state index is 12.6. The Morgan fingerprint density at radius 2 is 2.07 bits per heavy atom. The zero-order valence-corrected chi connectivity index (χ0v) is 18.3. The van der Waals surface area contributed by atoms with Gasteiger partial charge in [0.05, 0.1) is 11.6 Å². The molecule has 2 unspecified atom stereocenters. The molecule has 1 heterocycles. The highest BCUT2D eigenvalue weighted by Crippen LogP contribution is 2.28. The van der Waals surface area contributed by atoms with Crippen LogP contribution in [0.15, 0.2) is 29.3 Å². The Bertz CT molecular complexity index is 706. The minimum Gasteiger partial charge on any atom is -0.487 e. The molecule has 6 nitrogen and oxygen atoms in total. The zero-order valence-electron chi connectivity index (χ0n) is 17.5. The van der Waals surface area contributed by atoms with Gasteiger partial charge in [-0.25, -0.2) is 0 Å². The molecule has 1 aliphatic carbocycles. The summed E-state index contributed by atoms with van der Waals surface area (Å²) in [6, 6.07) is 7.75. The number of nitrogens with zero attached hydrogens (tertiary/aromatic N) is 2. The van der Waals surface area contributed by atoms with E-state index in [0.29, 0.717) is 23.2 Å². The summed E-state index contributed by atoms with van der Waals surface area (Å²) in [5.74, 6) is 2.03. The van der Waals surface area contributed by atoms with Crippen LogP contribution in [0.25, 0.3) is 0 Å². The van der Waals surface area contributed by atoms with E-state index >= 15 is 0 Å². The number of para-hydroxylation sites is 1. The van der Waals surface area contributed by atoms with E-state index in [1.54, 1.807) is 7.05 Å². The number of likely N-dealkylation sites (tertiary alicyclic amines) is 1. The molecule has 1 saturated heterocycles. The van der Waals surface area contributed by atoms with Crippen LogP contribution in [-0.2, 0) is 4.79 Å². The summed E-state index contributed by atoms with van der Waals surface area (Å²) < 4.78 is 6.03. The summed E-state index contributed by atoms with van der Waals surface area (Å²) in [5.41, 5.74) is 0. The van der Waals surface area contributed by atoms with Gasteiger partial charge in [0.25, 0.3) is 0 Å². The molecule has 0 spiro atoms. The standard InChI is InChI=1S/C22H33ClN4O2/c1-3-18(29-20-11-7-6-10-19(20)23)14-25-22(24-2)26-17-12-13-27(15-17)21(28)16-8-4-5-9-16/h6-7,10-11,16-18H,3-5,8-9,12-15H2,1-2H3,(H2,24,25,26). The number of hydrogen-bond donors (Lipinski definition) is 2. The molecule has 0 aromatic heterocycles. The number of carbonyl (C=O) groups excluding carboxylic acids is 1. The van der Waals surface area contributed by atoms with Gasteiger partial charge in [0.2, 0.25) is 5.91 Å². The minimum absolute atomic E-state index is 0.0162. The van der Waals surface area contributed by atoms with E-state index in [-0.39, 0.29) is 18.1 Å². The Labute approximate surface area is 179 Å². The van der Waals surface area contributed by atoms with Crippen molar-refractivity contribution in [1.82, 2.24) is 15.5 Å². The van der Waals surface area contributed by atoms with Crippen LogP contribution in [0.2, 0.25) is 5.02 Å². The molecule has 0 radical (unpaired) electrons. The third kappa shape index (κ3) is 6.01. The summed E-state index contributed by atoms with van der Waals surface area (Å²) in [7, 11) is 1.77. The molecule has 1 aliphatic heterocycles. The topological polar surface area (TPSA) is 66.0 Å². The molecule has 2 aliphatic rings. The Morgan fingerprint density at radius 1 is 1.31 bits per heavy atom. The van der Waals surface area contributed by atoms with E-state index in [9.17, 15) is 4.79 Å². The smallest absolute Gasteiger partial charge is 0.225 e. The van der Waals surface area contributed by atoms with Gasteiger partial charge in [-0.15, -0.1) is 0 Å². The van der Waals surface area contributed by atoms with Crippen LogP contribution < -0.4 is 15.4 Å². The van der Waals surface area contributed by atoms with Gasteiger partial charge in [0.15, 0.2) is 5.96 Å². The second-order valence-electron chi connectivity index (χ2n) is 7.93. The average Bonchev–Trinajstić information content (AvgIpc) is 3.43.